The summed E-state index contributed by atoms with van der Waals surface area (Å²) in [5.41, 5.74) is 1.06. The fraction of sp³-hybridized carbons (Fsp3) is 0.280. The van der Waals surface area contributed by atoms with Gasteiger partial charge in [0.15, 0.2) is 11.2 Å². The highest BCUT2D eigenvalue weighted by atomic mass is 35.5. The predicted octanol–water partition coefficient (Wildman–Crippen LogP) is 2.59. The Morgan fingerprint density at radius 1 is 1.09 bits per heavy atom. The summed E-state index contributed by atoms with van der Waals surface area (Å²) in [7, 11) is 1.56. The Hall–Kier alpha value is -3.69. The summed E-state index contributed by atoms with van der Waals surface area (Å²) in [6.07, 6.45) is 1.51. The monoisotopic (exact) mass is 495 g/mol. The van der Waals surface area contributed by atoms with Crippen LogP contribution < -0.4 is 16.6 Å². The number of imidazole rings is 1. The second kappa shape index (κ2) is 10.7. The zero-order valence-corrected chi connectivity index (χ0v) is 20.2. The number of hydrogen-bond donors (Lipinski definition) is 1. The maximum Gasteiger partial charge on any atom is 0.333 e. The van der Waals surface area contributed by atoms with Crippen molar-refractivity contribution in [3.63, 3.8) is 0 Å². The molecule has 4 rings (SSSR count). The molecule has 0 radical (unpaired) electrons. The van der Waals surface area contributed by atoms with Crippen molar-refractivity contribution in [3.8, 4) is 0 Å². The highest BCUT2D eigenvalue weighted by Crippen LogP contribution is 2.16. The van der Waals surface area contributed by atoms with E-state index >= 15 is 0 Å². The van der Waals surface area contributed by atoms with Crippen LogP contribution in [0.15, 0.2) is 70.5 Å². The van der Waals surface area contributed by atoms with Gasteiger partial charge < -0.3 is 14.6 Å². The van der Waals surface area contributed by atoms with Gasteiger partial charge in [0.2, 0.25) is 5.91 Å². The van der Waals surface area contributed by atoms with Crippen molar-refractivity contribution >= 4 is 28.7 Å². The summed E-state index contributed by atoms with van der Waals surface area (Å²) in [6.45, 7) is 2.35. The Labute approximate surface area is 206 Å². The van der Waals surface area contributed by atoms with E-state index in [1.165, 1.54) is 10.9 Å². The Kier molecular flexibility index (Phi) is 7.48. The van der Waals surface area contributed by atoms with Gasteiger partial charge in [0.25, 0.3) is 5.56 Å². The molecule has 182 valence electrons. The van der Waals surface area contributed by atoms with Gasteiger partial charge in [-0.1, -0.05) is 54.1 Å². The average Bonchev–Trinajstić information content (AvgIpc) is 3.28. The fourth-order valence-corrected chi connectivity index (χ4v) is 4.04. The molecule has 9 nitrogen and oxygen atoms in total. The van der Waals surface area contributed by atoms with E-state index < -0.39 is 23.7 Å². The largest absolute Gasteiger partial charge is 0.383 e. The molecule has 1 amide bonds. The predicted molar refractivity (Wildman–Crippen MR) is 134 cm³/mol. The molecule has 0 fully saturated rings. The minimum atomic E-state index is -0.599. The fourth-order valence-electron chi connectivity index (χ4n) is 3.91. The molecule has 1 atom stereocenters. The van der Waals surface area contributed by atoms with Crippen LogP contribution in [0.3, 0.4) is 0 Å². The lowest BCUT2D eigenvalue weighted by Crippen LogP contribution is -2.44. The number of nitrogens with zero attached hydrogens (tertiary/aromatic N) is 4. The number of methoxy groups -OCH3 is 1. The van der Waals surface area contributed by atoms with Gasteiger partial charge in [-0.2, -0.15) is 0 Å². The Morgan fingerprint density at radius 2 is 1.80 bits per heavy atom. The van der Waals surface area contributed by atoms with Crippen LogP contribution in [0.1, 0.15) is 24.1 Å². The van der Waals surface area contributed by atoms with Crippen LogP contribution in [0.2, 0.25) is 5.02 Å². The molecule has 4 aromatic rings. The third kappa shape index (κ3) is 5.36. The number of amides is 1. The average molecular weight is 496 g/mol. The third-order valence-corrected chi connectivity index (χ3v) is 6.00. The van der Waals surface area contributed by atoms with Crippen LogP contribution in [0.5, 0.6) is 0 Å². The maximum absolute atomic E-state index is 13.4. The van der Waals surface area contributed by atoms with E-state index in [0.717, 1.165) is 15.7 Å². The highest BCUT2D eigenvalue weighted by Gasteiger charge is 2.20. The molecule has 2 heterocycles. The Bertz CT molecular complexity index is 1440. The van der Waals surface area contributed by atoms with E-state index in [4.69, 9.17) is 16.3 Å². The number of hydrogen-bond acceptors (Lipinski definition) is 5. The molecule has 0 aliphatic rings. The lowest BCUT2D eigenvalue weighted by molar-refractivity contribution is -0.122. The zero-order valence-electron chi connectivity index (χ0n) is 19.5. The van der Waals surface area contributed by atoms with Gasteiger partial charge in [0.05, 0.1) is 25.5 Å². The first-order valence-electron chi connectivity index (χ1n) is 11.1. The molecule has 10 heteroatoms. The topological polar surface area (TPSA) is 100 Å². The van der Waals surface area contributed by atoms with Crippen LogP contribution in [-0.2, 0) is 29.2 Å². The molecule has 0 spiro atoms. The van der Waals surface area contributed by atoms with Gasteiger partial charge in [-0.3, -0.25) is 14.2 Å². The Balaban J connectivity index is 1.71. The summed E-state index contributed by atoms with van der Waals surface area (Å²) >= 11 is 5.94. The summed E-state index contributed by atoms with van der Waals surface area (Å²) in [5.74, 6) is -0.458. The van der Waals surface area contributed by atoms with E-state index in [1.54, 1.807) is 23.8 Å². The van der Waals surface area contributed by atoms with Gasteiger partial charge in [-0.05, 0) is 30.2 Å². The van der Waals surface area contributed by atoms with Crippen molar-refractivity contribution in [3.05, 3.63) is 97.9 Å². The quantitative estimate of drug-likeness (QED) is 0.384. The SMILES string of the molecule is COCCn1cnc2c1c(=O)n(CC(=O)NC(C)c1ccc(Cl)cc1)c(=O)n2Cc1ccccc1. The molecule has 0 aliphatic carbocycles. The van der Waals surface area contributed by atoms with Gasteiger partial charge in [0, 0.05) is 18.7 Å². The lowest BCUT2D eigenvalue weighted by atomic mass is 10.1. The van der Waals surface area contributed by atoms with E-state index in [2.05, 4.69) is 10.3 Å². The smallest absolute Gasteiger partial charge is 0.333 e. The first kappa shape index (κ1) is 24.4. The Morgan fingerprint density at radius 3 is 2.49 bits per heavy atom. The summed E-state index contributed by atoms with van der Waals surface area (Å²) < 4.78 is 9.17. The molecule has 2 aromatic heterocycles. The number of ether oxygens (including phenoxy) is 1. The van der Waals surface area contributed by atoms with Crippen molar-refractivity contribution < 1.29 is 9.53 Å². The van der Waals surface area contributed by atoms with Crippen LogP contribution >= 0.6 is 11.6 Å². The summed E-state index contributed by atoms with van der Waals surface area (Å²) in [4.78, 5) is 44.0. The molecular formula is C25H26ClN5O4. The molecule has 1 N–H and O–H groups in total. The highest BCUT2D eigenvalue weighted by molar-refractivity contribution is 6.30. The van der Waals surface area contributed by atoms with Crippen molar-refractivity contribution in [2.75, 3.05) is 13.7 Å². The molecule has 0 saturated heterocycles. The molecule has 0 saturated carbocycles. The van der Waals surface area contributed by atoms with Crippen LogP contribution in [0.25, 0.3) is 11.2 Å². The number of fused-ring (bicyclic) bond motifs is 1. The minimum absolute atomic E-state index is 0.209. The first-order chi connectivity index (χ1) is 16.9. The van der Waals surface area contributed by atoms with E-state index in [9.17, 15) is 14.4 Å². The van der Waals surface area contributed by atoms with E-state index in [0.29, 0.717) is 18.2 Å². The number of benzene rings is 2. The molecule has 2 aromatic carbocycles. The van der Waals surface area contributed by atoms with Crippen molar-refractivity contribution in [2.24, 2.45) is 0 Å². The number of halogens is 1. The van der Waals surface area contributed by atoms with Gasteiger partial charge in [-0.25, -0.2) is 14.3 Å². The van der Waals surface area contributed by atoms with E-state index in [-0.39, 0.29) is 23.8 Å². The normalized spacial score (nSPS) is 12.1. The molecule has 0 aliphatic heterocycles. The van der Waals surface area contributed by atoms with Crippen molar-refractivity contribution in [2.45, 2.75) is 32.6 Å². The maximum atomic E-state index is 13.4. The molecule has 1 unspecified atom stereocenters. The number of carbonyl (C=O) groups is 1. The second-order valence-electron chi connectivity index (χ2n) is 8.19. The van der Waals surface area contributed by atoms with Gasteiger partial charge in [0.1, 0.15) is 6.54 Å². The van der Waals surface area contributed by atoms with Crippen LogP contribution in [-0.4, -0.2) is 38.3 Å². The van der Waals surface area contributed by atoms with Crippen LogP contribution in [0, 0.1) is 0 Å². The number of rotatable bonds is 9. The number of aromatic nitrogens is 4. The minimum Gasteiger partial charge on any atom is -0.383 e. The standard InChI is InChI=1S/C25H26ClN5O4/c1-17(19-8-10-20(26)11-9-19)28-21(32)15-31-24(33)22-23(27-16-29(22)12-13-35-2)30(25(31)34)14-18-6-4-3-5-7-18/h3-11,16-17H,12-15H2,1-2H3,(H,28,32). The summed E-state index contributed by atoms with van der Waals surface area (Å²) in [6, 6.07) is 16.2. The zero-order chi connectivity index (χ0) is 24.9. The van der Waals surface area contributed by atoms with Crippen molar-refractivity contribution in [1.29, 1.82) is 0 Å². The second-order valence-corrected chi connectivity index (χ2v) is 8.63. The summed E-state index contributed by atoms with van der Waals surface area (Å²) in [5, 5.41) is 3.44. The lowest BCUT2D eigenvalue weighted by Gasteiger charge is -2.16. The molecular weight excluding hydrogens is 470 g/mol. The molecule has 0 bridgehead atoms. The third-order valence-electron chi connectivity index (χ3n) is 5.75. The number of carbonyl (C=O) groups excluding carboxylic acids is 1. The first-order valence-corrected chi connectivity index (χ1v) is 11.5. The molecule has 35 heavy (non-hydrogen) atoms. The van der Waals surface area contributed by atoms with Crippen molar-refractivity contribution in [1.82, 2.24) is 24.0 Å². The number of nitrogens with one attached hydrogen (secondary N) is 1. The van der Waals surface area contributed by atoms with Gasteiger partial charge >= 0.3 is 5.69 Å². The van der Waals surface area contributed by atoms with Gasteiger partial charge in [-0.15, -0.1) is 0 Å². The van der Waals surface area contributed by atoms with E-state index in [1.807, 2.05) is 49.4 Å². The van der Waals surface area contributed by atoms with Crippen LogP contribution in [0.4, 0.5) is 0 Å².